The molecule has 0 spiro atoms. The van der Waals surface area contributed by atoms with E-state index in [1.54, 1.807) is 6.08 Å². The van der Waals surface area contributed by atoms with Crippen LogP contribution in [-0.4, -0.2) is 0 Å². The lowest BCUT2D eigenvalue weighted by Crippen LogP contribution is -1.88. The normalized spacial score (nSPS) is 25.8. The summed E-state index contributed by atoms with van der Waals surface area (Å²) in [5.41, 5.74) is 9.50. The first-order valence-electron chi connectivity index (χ1n) is 5.26. The molecule has 0 aliphatic heterocycles. The minimum absolute atomic E-state index is 0.543. The van der Waals surface area contributed by atoms with E-state index in [9.17, 15) is 0 Å². The Hall–Kier alpha value is -1.94. The Labute approximate surface area is 97.7 Å². The zero-order chi connectivity index (χ0) is 12.0. The second-order valence-electron chi connectivity index (χ2n) is 3.92. The van der Waals surface area contributed by atoms with Crippen LogP contribution in [0.15, 0.2) is 59.4 Å². The molecule has 1 nitrogen and oxygen atoms in total. The van der Waals surface area contributed by atoms with Gasteiger partial charge in [-0.2, -0.15) is 0 Å². The van der Waals surface area contributed by atoms with Crippen molar-refractivity contribution in [2.24, 2.45) is 5.73 Å². The Kier molecular flexibility index (Phi) is 4.42. The third-order valence-electron chi connectivity index (χ3n) is 2.11. The third-order valence-corrected chi connectivity index (χ3v) is 2.11. The van der Waals surface area contributed by atoms with Crippen LogP contribution in [0.3, 0.4) is 0 Å². The summed E-state index contributed by atoms with van der Waals surface area (Å²) in [6.45, 7) is 7.79. The van der Waals surface area contributed by atoms with E-state index >= 15 is 0 Å². The average molecular weight is 211 g/mol. The summed E-state index contributed by atoms with van der Waals surface area (Å²) in [6.07, 6.45) is 10.8. The minimum Gasteiger partial charge on any atom is -0.399 e. The van der Waals surface area contributed by atoms with Gasteiger partial charge in [0, 0.05) is 11.3 Å². The standard InChI is InChI=1S/C15H17N/c1-12-5-4-6-15(10-8-14(3)16)9-7-13(2)11-12/h5,8-11H,3,7,16H2,1-2H3/b10-8-,12-5-,13-11+,15-9-. The summed E-state index contributed by atoms with van der Waals surface area (Å²) in [7, 11) is 0. The second-order valence-corrected chi connectivity index (χ2v) is 3.92. The van der Waals surface area contributed by atoms with Crippen molar-refractivity contribution in [3.8, 4) is 11.8 Å². The van der Waals surface area contributed by atoms with Gasteiger partial charge in [0.1, 0.15) is 0 Å². The van der Waals surface area contributed by atoms with Gasteiger partial charge in [-0.25, -0.2) is 0 Å². The molecule has 1 aliphatic carbocycles. The van der Waals surface area contributed by atoms with Gasteiger partial charge >= 0.3 is 0 Å². The molecule has 0 aromatic rings. The smallest absolute Gasteiger partial charge is 0.0241 e. The van der Waals surface area contributed by atoms with Crippen molar-refractivity contribution in [2.75, 3.05) is 0 Å². The van der Waals surface area contributed by atoms with Crippen LogP contribution in [0, 0.1) is 11.8 Å². The highest BCUT2D eigenvalue weighted by Gasteiger charge is 1.93. The van der Waals surface area contributed by atoms with Crippen LogP contribution in [-0.2, 0) is 0 Å². The lowest BCUT2D eigenvalue weighted by molar-refractivity contribution is 1.19. The van der Waals surface area contributed by atoms with Crippen LogP contribution in [0.2, 0.25) is 0 Å². The maximum atomic E-state index is 5.48. The van der Waals surface area contributed by atoms with Crippen molar-refractivity contribution in [3.63, 3.8) is 0 Å². The molecule has 0 unspecified atom stereocenters. The Bertz CT molecular complexity index is 459. The largest absolute Gasteiger partial charge is 0.399 e. The molecule has 16 heavy (non-hydrogen) atoms. The molecule has 0 aromatic carbocycles. The van der Waals surface area contributed by atoms with E-state index in [0.29, 0.717) is 5.70 Å². The molecule has 0 atom stereocenters. The second kappa shape index (κ2) is 5.82. The molecule has 1 aliphatic rings. The van der Waals surface area contributed by atoms with E-state index in [1.165, 1.54) is 11.1 Å². The van der Waals surface area contributed by atoms with Gasteiger partial charge in [-0.05, 0) is 44.1 Å². The van der Waals surface area contributed by atoms with Crippen LogP contribution < -0.4 is 5.73 Å². The highest BCUT2D eigenvalue weighted by molar-refractivity contribution is 5.45. The van der Waals surface area contributed by atoms with Crippen molar-refractivity contribution in [1.82, 2.24) is 0 Å². The lowest BCUT2D eigenvalue weighted by Gasteiger charge is -1.96. The van der Waals surface area contributed by atoms with Gasteiger partial charge in [0.05, 0.1) is 0 Å². The van der Waals surface area contributed by atoms with E-state index in [0.717, 1.165) is 12.0 Å². The van der Waals surface area contributed by atoms with Gasteiger partial charge in [-0.15, -0.1) is 0 Å². The van der Waals surface area contributed by atoms with Gasteiger partial charge in [-0.1, -0.05) is 36.1 Å². The van der Waals surface area contributed by atoms with Crippen LogP contribution in [0.4, 0.5) is 0 Å². The van der Waals surface area contributed by atoms with Crippen molar-refractivity contribution in [3.05, 3.63) is 59.4 Å². The maximum absolute atomic E-state index is 5.48. The number of nitrogens with two attached hydrogens (primary N) is 1. The van der Waals surface area contributed by atoms with Crippen molar-refractivity contribution in [1.29, 1.82) is 0 Å². The molecule has 0 amide bonds. The predicted molar refractivity (Wildman–Crippen MR) is 70.5 cm³/mol. The molecule has 1 heteroatoms. The molecule has 0 fully saturated rings. The molecular formula is C15H17N. The van der Waals surface area contributed by atoms with Crippen molar-refractivity contribution in [2.45, 2.75) is 20.3 Å². The fraction of sp³-hybridized carbons (Fsp3) is 0.200. The molecule has 0 radical (unpaired) electrons. The van der Waals surface area contributed by atoms with E-state index < -0.39 is 0 Å². The molecular weight excluding hydrogens is 194 g/mol. The first-order chi connectivity index (χ1) is 7.58. The molecule has 82 valence electrons. The van der Waals surface area contributed by atoms with E-state index in [-0.39, 0.29) is 0 Å². The van der Waals surface area contributed by atoms with Gasteiger partial charge in [-0.3, -0.25) is 0 Å². The summed E-state index contributed by atoms with van der Waals surface area (Å²) in [5, 5.41) is 0. The summed E-state index contributed by atoms with van der Waals surface area (Å²) in [5.74, 6) is 6.11. The minimum atomic E-state index is 0.543. The maximum Gasteiger partial charge on any atom is 0.0241 e. The van der Waals surface area contributed by atoms with Gasteiger partial charge in [0.25, 0.3) is 0 Å². The molecule has 0 saturated heterocycles. The zero-order valence-electron chi connectivity index (χ0n) is 9.88. The lowest BCUT2D eigenvalue weighted by atomic mass is 10.1. The predicted octanol–water partition coefficient (Wildman–Crippen LogP) is 3.24. The van der Waals surface area contributed by atoms with E-state index in [4.69, 9.17) is 5.73 Å². The topological polar surface area (TPSA) is 26.0 Å². The van der Waals surface area contributed by atoms with Crippen molar-refractivity contribution < 1.29 is 0 Å². The monoisotopic (exact) mass is 211 g/mol. The first-order valence-corrected chi connectivity index (χ1v) is 5.26. The van der Waals surface area contributed by atoms with Gasteiger partial charge < -0.3 is 5.73 Å². The summed E-state index contributed by atoms with van der Waals surface area (Å²) >= 11 is 0. The SMILES string of the molecule is C=C(N)/C=C\C1=C/C/C(C)=C/C(C)=C\C#C1. The number of allylic oxidation sites excluding steroid dienone is 8. The Morgan fingerprint density at radius 2 is 2.25 bits per heavy atom. The highest BCUT2D eigenvalue weighted by atomic mass is 14.5. The average Bonchev–Trinajstić information content (AvgIpc) is 2.27. The third kappa shape index (κ3) is 4.52. The summed E-state index contributed by atoms with van der Waals surface area (Å²) in [4.78, 5) is 0. The van der Waals surface area contributed by atoms with Crippen LogP contribution in [0.1, 0.15) is 20.3 Å². The number of rotatable bonds is 2. The molecule has 1 rings (SSSR count). The van der Waals surface area contributed by atoms with Gasteiger partial charge in [0.2, 0.25) is 0 Å². The van der Waals surface area contributed by atoms with E-state index in [2.05, 4.69) is 44.4 Å². The van der Waals surface area contributed by atoms with Crippen LogP contribution >= 0.6 is 0 Å². The Balaban J connectivity index is 2.96. The Morgan fingerprint density at radius 1 is 1.50 bits per heavy atom. The number of hydrogen-bond acceptors (Lipinski definition) is 1. The summed E-state index contributed by atoms with van der Waals surface area (Å²) in [6, 6.07) is 0. The molecule has 0 saturated carbocycles. The quantitative estimate of drug-likeness (QED) is 0.550. The van der Waals surface area contributed by atoms with Gasteiger partial charge in [0.15, 0.2) is 0 Å². The zero-order valence-corrected chi connectivity index (χ0v) is 9.88. The van der Waals surface area contributed by atoms with Crippen molar-refractivity contribution >= 4 is 0 Å². The molecule has 0 aromatic heterocycles. The fourth-order valence-electron chi connectivity index (χ4n) is 1.35. The van der Waals surface area contributed by atoms with E-state index in [1.807, 2.05) is 12.2 Å². The molecule has 0 bridgehead atoms. The van der Waals surface area contributed by atoms with Crippen LogP contribution in [0.5, 0.6) is 0 Å². The molecule has 0 heterocycles. The first kappa shape index (κ1) is 12.1. The fourth-order valence-corrected chi connectivity index (χ4v) is 1.35. The van der Waals surface area contributed by atoms with Crippen LogP contribution in [0.25, 0.3) is 0 Å². The highest BCUT2D eigenvalue weighted by Crippen LogP contribution is 2.10. The molecule has 2 N–H and O–H groups in total. The number of hydrogen-bond donors (Lipinski definition) is 1. The summed E-state index contributed by atoms with van der Waals surface area (Å²) < 4.78 is 0. The Morgan fingerprint density at radius 3 is 2.94 bits per heavy atom.